The number of aryl methyl sites for hydroxylation is 1. The number of nitrogens with zero attached hydrogens (tertiary/aromatic N) is 3. The molecular weight excluding hydrogens is 442 g/mol. The van der Waals surface area contributed by atoms with E-state index in [4.69, 9.17) is 4.74 Å². The van der Waals surface area contributed by atoms with Crippen molar-refractivity contribution in [1.29, 1.82) is 0 Å². The highest BCUT2D eigenvalue weighted by atomic mass is 32.2. The lowest BCUT2D eigenvalue weighted by atomic mass is 9.92. The zero-order valence-electron chi connectivity index (χ0n) is 19.9. The first-order valence-electron chi connectivity index (χ1n) is 11.0. The second-order valence-electron chi connectivity index (χ2n) is 9.49. The van der Waals surface area contributed by atoms with Crippen LogP contribution in [0.15, 0.2) is 29.4 Å². The van der Waals surface area contributed by atoms with Crippen molar-refractivity contribution in [2.24, 2.45) is 5.41 Å². The van der Waals surface area contributed by atoms with E-state index in [2.05, 4.69) is 41.4 Å². The minimum absolute atomic E-state index is 0.132. The fourth-order valence-electron chi connectivity index (χ4n) is 3.37. The molecule has 2 N–H and O–H groups in total. The molecule has 1 fully saturated rings. The van der Waals surface area contributed by atoms with Crippen LogP contribution in [0.3, 0.4) is 0 Å². The van der Waals surface area contributed by atoms with Gasteiger partial charge in [0.15, 0.2) is 0 Å². The quantitative estimate of drug-likeness (QED) is 0.617. The van der Waals surface area contributed by atoms with E-state index in [1.54, 1.807) is 12.1 Å². The summed E-state index contributed by atoms with van der Waals surface area (Å²) < 4.78 is 30.0. The second-order valence-corrected chi connectivity index (χ2v) is 11.4. The Morgan fingerprint density at radius 1 is 1.15 bits per heavy atom. The van der Waals surface area contributed by atoms with Crippen LogP contribution in [0.1, 0.15) is 32.8 Å². The van der Waals surface area contributed by atoms with Gasteiger partial charge in [-0.05, 0) is 36.5 Å². The number of rotatable bonds is 6. The zero-order chi connectivity index (χ0) is 24.2. The van der Waals surface area contributed by atoms with Gasteiger partial charge in [0, 0.05) is 43.2 Å². The number of carbonyl (C=O) groups excluding carboxylic acids is 1. The van der Waals surface area contributed by atoms with Gasteiger partial charge in [-0.2, -0.15) is 0 Å². The molecule has 1 aromatic carbocycles. The number of amides is 2. The van der Waals surface area contributed by atoms with E-state index in [1.165, 1.54) is 0 Å². The topological polar surface area (TPSA) is 114 Å². The molecule has 180 valence electrons. The third kappa shape index (κ3) is 7.13. The van der Waals surface area contributed by atoms with Crippen molar-refractivity contribution in [3.05, 3.63) is 29.8 Å². The lowest BCUT2D eigenvalue weighted by Gasteiger charge is -2.28. The molecule has 0 unspecified atom stereocenters. The fourth-order valence-corrected chi connectivity index (χ4v) is 3.90. The molecular formula is C23H33N5O4S. The van der Waals surface area contributed by atoms with E-state index in [0.717, 1.165) is 23.8 Å². The fraction of sp³-hybridized carbons (Fsp3) is 0.522. The summed E-state index contributed by atoms with van der Waals surface area (Å²) >= 11 is 0. The van der Waals surface area contributed by atoms with Crippen molar-refractivity contribution in [2.45, 2.75) is 39.3 Å². The highest BCUT2D eigenvalue weighted by Crippen LogP contribution is 2.29. The van der Waals surface area contributed by atoms with Gasteiger partial charge in [-0.25, -0.2) is 23.2 Å². The maximum Gasteiger partial charge on any atom is 0.319 e. The van der Waals surface area contributed by atoms with Crippen molar-refractivity contribution in [1.82, 2.24) is 15.3 Å². The predicted molar refractivity (Wildman–Crippen MR) is 129 cm³/mol. The molecule has 0 bridgehead atoms. The van der Waals surface area contributed by atoms with Gasteiger partial charge in [0.1, 0.15) is 5.82 Å². The van der Waals surface area contributed by atoms with Crippen LogP contribution in [0, 0.1) is 12.3 Å². The largest absolute Gasteiger partial charge is 0.378 e. The Labute approximate surface area is 195 Å². The number of carbonyl (C=O) groups is 1. The third-order valence-corrected chi connectivity index (χ3v) is 6.14. The average molecular weight is 476 g/mol. The molecule has 0 radical (unpaired) electrons. The van der Waals surface area contributed by atoms with Gasteiger partial charge < -0.3 is 20.3 Å². The Hall–Kier alpha value is -2.72. The van der Waals surface area contributed by atoms with Crippen LogP contribution < -0.4 is 15.5 Å². The normalized spacial score (nSPS) is 14.8. The number of hydrogen-bond acceptors (Lipinski definition) is 7. The Balaban J connectivity index is 1.89. The third-order valence-electron chi connectivity index (χ3n) is 5.29. The molecule has 0 aliphatic carbocycles. The van der Waals surface area contributed by atoms with Crippen molar-refractivity contribution in [3.63, 3.8) is 0 Å². The number of hydrogen-bond donors (Lipinski definition) is 2. The minimum Gasteiger partial charge on any atom is -0.378 e. The molecule has 1 aromatic heterocycles. The molecule has 3 rings (SSSR count). The predicted octanol–water partition coefficient (Wildman–Crippen LogP) is 3.25. The number of morpholine rings is 1. The Morgan fingerprint density at radius 3 is 2.48 bits per heavy atom. The SMILES string of the molecule is Cc1ccc(NC(=O)NCCC(C)(C)C)cc1-c1cc(N2CCOCC2)nc(S(C)(=O)=O)n1. The number of anilines is 2. The molecule has 0 saturated carbocycles. The molecule has 1 aliphatic heterocycles. The molecule has 2 amide bonds. The standard InChI is InChI=1S/C23H33N5O4S/c1-16-6-7-17(25-21(29)24-9-8-23(2,3)4)14-18(16)19-15-20(28-10-12-32-13-11-28)27-22(26-19)33(5,30)31/h6-7,14-15H,8-13H2,1-5H3,(H2,24,25,29). The van der Waals surface area contributed by atoms with E-state index in [-0.39, 0.29) is 16.6 Å². The molecule has 2 heterocycles. The summed E-state index contributed by atoms with van der Waals surface area (Å²) in [4.78, 5) is 23.0. The maximum atomic E-state index is 12.3. The molecule has 0 atom stereocenters. The monoisotopic (exact) mass is 475 g/mol. The summed E-state index contributed by atoms with van der Waals surface area (Å²) in [5.41, 5.74) is 2.84. The van der Waals surface area contributed by atoms with E-state index in [1.807, 2.05) is 24.0 Å². The Bertz CT molecular complexity index is 1110. The van der Waals surface area contributed by atoms with Gasteiger partial charge in [0.25, 0.3) is 0 Å². The first kappa shape index (κ1) is 24.9. The van der Waals surface area contributed by atoms with Crippen molar-refractivity contribution in [3.8, 4) is 11.3 Å². The lowest BCUT2D eigenvalue weighted by Crippen LogP contribution is -2.37. The van der Waals surface area contributed by atoms with Crippen LogP contribution in [0.4, 0.5) is 16.3 Å². The van der Waals surface area contributed by atoms with Crippen molar-refractivity contribution < 1.29 is 17.9 Å². The highest BCUT2D eigenvalue weighted by molar-refractivity contribution is 7.90. The van der Waals surface area contributed by atoms with Crippen LogP contribution >= 0.6 is 0 Å². The van der Waals surface area contributed by atoms with Gasteiger partial charge >= 0.3 is 6.03 Å². The van der Waals surface area contributed by atoms with Gasteiger partial charge in [0.05, 0.1) is 18.9 Å². The van der Waals surface area contributed by atoms with E-state index in [0.29, 0.717) is 50.0 Å². The summed E-state index contributed by atoms with van der Waals surface area (Å²) in [5, 5.41) is 5.50. The van der Waals surface area contributed by atoms with Gasteiger partial charge in [-0.1, -0.05) is 26.8 Å². The lowest BCUT2D eigenvalue weighted by molar-refractivity contribution is 0.122. The van der Waals surface area contributed by atoms with Crippen molar-refractivity contribution >= 4 is 27.4 Å². The van der Waals surface area contributed by atoms with Gasteiger partial charge in [-0.15, -0.1) is 0 Å². The average Bonchev–Trinajstić information content (AvgIpc) is 2.74. The summed E-state index contributed by atoms with van der Waals surface area (Å²) in [6, 6.07) is 6.98. The molecule has 1 saturated heterocycles. The summed E-state index contributed by atoms with van der Waals surface area (Å²) in [5.74, 6) is 0.543. The Kier molecular flexibility index (Phi) is 7.58. The van der Waals surface area contributed by atoms with Crippen LogP contribution in [-0.2, 0) is 14.6 Å². The second kappa shape index (κ2) is 10.0. The van der Waals surface area contributed by atoms with Crippen LogP contribution in [0.25, 0.3) is 11.3 Å². The number of ether oxygens (including phenoxy) is 1. The molecule has 1 aliphatic rings. The minimum atomic E-state index is -3.62. The highest BCUT2D eigenvalue weighted by Gasteiger charge is 2.21. The summed E-state index contributed by atoms with van der Waals surface area (Å²) in [6.07, 6.45) is 1.96. The number of aromatic nitrogens is 2. The first-order valence-corrected chi connectivity index (χ1v) is 12.9. The molecule has 0 spiro atoms. The summed E-state index contributed by atoms with van der Waals surface area (Å²) in [7, 11) is -3.62. The van der Waals surface area contributed by atoms with E-state index in [9.17, 15) is 13.2 Å². The van der Waals surface area contributed by atoms with Crippen molar-refractivity contribution in [2.75, 3.05) is 49.3 Å². The van der Waals surface area contributed by atoms with Crippen LogP contribution in [-0.4, -0.2) is 63.5 Å². The van der Waals surface area contributed by atoms with Crippen LogP contribution in [0.5, 0.6) is 0 Å². The van der Waals surface area contributed by atoms with E-state index < -0.39 is 9.84 Å². The number of benzene rings is 1. The number of nitrogens with one attached hydrogen (secondary N) is 2. The first-order chi connectivity index (χ1) is 15.4. The molecule has 33 heavy (non-hydrogen) atoms. The number of urea groups is 1. The number of sulfone groups is 1. The van der Waals surface area contributed by atoms with Gasteiger partial charge in [0.2, 0.25) is 15.0 Å². The summed E-state index contributed by atoms with van der Waals surface area (Å²) in [6.45, 7) is 11.2. The molecule has 10 heteroatoms. The maximum absolute atomic E-state index is 12.3. The van der Waals surface area contributed by atoms with Crippen LogP contribution in [0.2, 0.25) is 0 Å². The smallest absolute Gasteiger partial charge is 0.319 e. The Morgan fingerprint density at radius 2 is 1.85 bits per heavy atom. The zero-order valence-corrected chi connectivity index (χ0v) is 20.8. The van der Waals surface area contributed by atoms with E-state index >= 15 is 0 Å². The molecule has 2 aromatic rings. The molecule has 9 nitrogen and oxygen atoms in total. The van der Waals surface area contributed by atoms with Gasteiger partial charge in [-0.3, -0.25) is 0 Å².